The molecule has 0 bridgehead atoms. The zero-order valence-corrected chi connectivity index (χ0v) is 4.55. The normalized spacial score (nSPS) is 28.8. The molecule has 30 valence electrons. The topological polar surface area (TPSA) is 9.23 Å². The second-order valence-electron chi connectivity index (χ2n) is 0.800. The van der Waals surface area contributed by atoms with Gasteiger partial charge in [-0.2, -0.15) is 0 Å². The Morgan fingerprint density at radius 1 is 1.80 bits per heavy atom. The van der Waals surface area contributed by atoms with Crippen LogP contribution in [-0.4, -0.2) is 11.9 Å². The summed E-state index contributed by atoms with van der Waals surface area (Å²) in [5.74, 6) is 1.21. The van der Waals surface area contributed by atoms with Crippen LogP contribution in [0, 0.1) is 0 Å². The van der Waals surface area contributed by atoms with Crippen molar-refractivity contribution in [1.29, 1.82) is 0 Å². The van der Waals surface area contributed by atoms with Gasteiger partial charge in [-0.3, -0.25) is 3.97 Å². The van der Waals surface area contributed by atoms with Crippen molar-refractivity contribution in [1.82, 2.24) is 0 Å². The fraction of sp³-hybridized carbons (Fsp3) is 1.00. The predicted octanol–water partition coefficient (Wildman–Crippen LogP) is 1.26. The molecule has 0 N–H and O–H groups in total. The molecule has 0 radical (unpaired) electrons. The number of hydrogen-bond acceptors (Lipinski definition) is 2. The monoisotopic (exact) mass is 108 g/mol. The summed E-state index contributed by atoms with van der Waals surface area (Å²) in [5, 5.41) is 0. The van der Waals surface area contributed by atoms with Crippen molar-refractivity contribution in [2.45, 2.75) is 0 Å². The summed E-state index contributed by atoms with van der Waals surface area (Å²) in [6, 6.07) is 0. The summed E-state index contributed by atoms with van der Waals surface area (Å²) in [5.41, 5.74) is 0. The van der Waals surface area contributed by atoms with E-state index < -0.39 is 0 Å². The maximum absolute atomic E-state index is 4.89. The van der Waals surface area contributed by atoms with Crippen LogP contribution in [0.5, 0.6) is 0 Å². The van der Waals surface area contributed by atoms with E-state index in [-0.39, 0.29) is 0 Å². The molecular weight excluding hydrogens is 103 g/mol. The standard InChI is InChI=1S/C2H5OPS/c1-2-5-3-4-1/h4H,1-2H2. The van der Waals surface area contributed by atoms with Gasteiger partial charge in [0.15, 0.2) is 0 Å². The van der Waals surface area contributed by atoms with E-state index in [2.05, 4.69) is 0 Å². The molecule has 1 rings (SSSR count). The SMILES string of the molecule is C1CSOP1. The molecule has 0 aliphatic carbocycles. The highest BCUT2D eigenvalue weighted by Gasteiger charge is 1.96. The Hall–Kier alpha value is 0.740. The molecule has 0 aromatic heterocycles. The van der Waals surface area contributed by atoms with Gasteiger partial charge in [0.05, 0.1) is 0 Å². The third-order valence-corrected chi connectivity index (χ3v) is 2.54. The average molecular weight is 108 g/mol. The summed E-state index contributed by atoms with van der Waals surface area (Å²) < 4.78 is 4.89. The van der Waals surface area contributed by atoms with Crippen LogP contribution in [0.4, 0.5) is 0 Å². The maximum Gasteiger partial charge on any atom is 0.0329 e. The zero-order chi connectivity index (χ0) is 3.54. The quantitative estimate of drug-likeness (QED) is 0.341. The lowest BCUT2D eigenvalue weighted by molar-refractivity contribution is 0.760. The van der Waals surface area contributed by atoms with Crippen LogP contribution in [0.25, 0.3) is 0 Å². The highest BCUT2D eigenvalue weighted by molar-refractivity contribution is 7.98. The van der Waals surface area contributed by atoms with Gasteiger partial charge in [0.2, 0.25) is 0 Å². The Labute approximate surface area is 37.5 Å². The summed E-state index contributed by atoms with van der Waals surface area (Å²) >= 11 is 1.59. The van der Waals surface area contributed by atoms with Crippen molar-refractivity contribution in [2.24, 2.45) is 0 Å². The minimum atomic E-state index is 0.772. The highest BCUT2D eigenvalue weighted by Crippen LogP contribution is 2.29. The summed E-state index contributed by atoms with van der Waals surface area (Å²) in [7, 11) is 0.772. The van der Waals surface area contributed by atoms with Crippen LogP contribution in [0.2, 0.25) is 0 Å². The summed E-state index contributed by atoms with van der Waals surface area (Å²) in [4.78, 5) is 0. The van der Waals surface area contributed by atoms with Crippen LogP contribution < -0.4 is 0 Å². The Bertz CT molecular complexity index is 21.2. The van der Waals surface area contributed by atoms with E-state index in [4.69, 9.17) is 3.97 Å². The largest absolute Gasteiger partial charge is 0.297 e. The van der Waals surface area contributed by atoms with Gasteiger partial charge in [-0.15, -0.1) is 0 Å². The summed E-state index contributed by atoms with van der Waals surface area (Å²) in [6.45, 7) is 0. The van der Waals surface area contributed by atoms with Gasteiger partial charge in [0.25, 0.3) is 0 Å². The summed E-state index contributed by atoms with van der Waals surface area (Å²) in [6.07, 6.45) is 1.27. The smallest absolute Gasteiger partial charge is 0.0329 e. The molecule has 0 amide bonds. The molecule has 1 aliphatic heterocycles. The molecule has 0 aromatic carbocycles. The van der Waals surface area contributed by atoms with Crippen LogP contribution in [0.15, 0.2) is 0 Å². The molecule has 1 unspecified atom stereocenters. The van der Waals surface area contributed by atoms with Crippen molar-refractivity contribution < 1.29 is 3.97 Å². The van der Waals surface area contributed by atoms with Crippen molar-refractivity contribution in [3.63, 3.8) is 0 Å². The molecule has 0 aromatic rings. The number of hydrogen-bond donors (Lipinski definition) is 0. The molecular formula is C2H5OPS. The Kier molecular flexibility index (Phi) is 1.58. The van der Waals surface area contributed by atoms with E-state index in [0.717, 1.165) is 8.81 Å². The second-order valence-corrected chi connectivity index (χ2v) is 2.90. The number of rotatable bonds is 0. The van der Waals surface area contributed by atoms with Crippen molar-refractivity contribution in [2.75, 3.05) is 11.9 Å². The first-order valence-electron chi connectivity index (χ1n) is 1.51. The van der Waals surface area contributed by atoms with Crippen molar-refractivity contribution in [3.05, 3.63) is 0 Å². The van der Waals surface area contributed by atoms with Gasteiger partial charge in [-0.25, -0.2) is 0 Å². The van der Waals surface area contributed by atoms with E-state index >= 15 is 0 Å². The maximum atomic E-state index is 4.89. The molecule has 3 heteroatoms. The Morgan fingerprint density at radius 2 is 2.80 bits per heavy atom. The zero-order valence-electron chi connectivity index (χ0n) is 2.73. The molecule has 1 fully saturated rings. The minimum absolute atomic E-state index is 0.772. The van der Waals surface area contributed by atoms with Gasteiger partial charge in [-0.05, 0) is 12.0 Å². The lowest BCUT2D eigenvalue weighted by atomic mass is 11.0. The lowest BCUT2D eigenvalue weighted by Gasteiger charge is -1.74. The molecule has 5 heavy (non-hydrogen) atoms. The fourth-order valence-electron chi connectivity index (χ4n) is 0.208. The molecule has 1 aliphatic rings. The van der Waals surface area contributed by atoms with Gasteiger partial charge < -0.3 is 0 Å². The Balaban J connectivity index is 2.08. The van der Waals surface area contributed by atoms with Crippen LogP contribution in [0.1, 0.15) is 0 Å². The van der Waals surface area contributed by atoms with Gasteiger partial charge in [0, 0.05) is 20.7 Å². The highest BCUT2D eigenvalue weighted by atomic mass is 32.2. The van der Waals surface area contributed by atoms with E-state index in [9.17, 15) is 0 Å². The van der Waals surface area contributed by atoms with E-state index in [0.29, 0.717) is 0 Å². The van der Waals surface area contributed by atoms with Crippen LogP contribution >= 0.6 is 20.9 Å². The molecule has 1 heterocycles. The van der Waals surface area contributed by atoms with E-state index in [1.165, 1.54) is 11.9 Å². The molecule has 0 saturated carbocycles. The van der Waals surface area contributed by atoms with Gasteiger partial charge in [0.1, 0.15) is 0 Å². The molecule has 1 nitrogen and oxygen atoms in total. The fourth-order valence-corrected chi connectivity index (χ4v) is 1.87. The van der Waals surface area contributed by atoms with Crippen molar-refractivity contribution >= 4 is 20.9 Å². The Morgan fingerprint density at radius 3 is 3.00 bits per heavy atom. The predicted molar refractivity (Wildman–Crippen MR) is 26.7 cm³/mol. The first-order valence-corrected chi connectivity index (χ1v) is 3.54. The van der Waals surface area contributed by atoms with E-state index in [1.54, 1.807) is 12.0 Å². The van der Waals surface area contributed by atoms with Crippen LogP contribution in [0.3, 0.4) is 0 Å². The van der Waals surface area contributed by atoms with E-state index in [1.807, 2.05) is 0 Å². The average Bonchev–Trinajstić information content (AvgIpc) is 1.76. The van der Waals surface area contributed by atoms with Gasteiger partial charge >= 0.3 is 0 Å². The van der Waals surface area contributed by atoms with Crippen molar-refractivity contribution in [3.8, 4) is 0 Å². The lowest BCUT2D eigenvalue weighted by Crippen LogP contribution is -1.63. The first kappa shape index (κ1) is 3.91. The van der Waals surface area contributed by atoms with Gasteiger partial charge in [-0.1, -0.05) is 0 Å². The molecule has 1 saturated heterocycles. The first-order chi connectivity index (χ1) is 2.50. The third kappa shape index (κ3) is 1.08. The minimum Gasteiger partial charge on any atom is -0.297 e. The van der Waals surface area contributed by atoms with Crippen LogP contribution in [-0.2, 0) is 3.97 Å². The second kappa shape index (κ2) is 2.01. The molecule has 1 atom stereocenters. The third-order valence-electron chi connectivity index (χ3n) is 0.405. The molecule has 0 spiro atoms.